The van der Waals surface area contributed by atoms with Crippen molar-refractivity contribution >= 4 is 27.5 Å². The van der Waals surface area contributed by atoms with Gasteiger partial charge >= 0.3 is 0 Å². The van der Waals surface area contributed by atoms with Gasteiger partial charge in [-0.1, -0.05) is 51.3 Å². The first kappa shape index (κ1) is 15.5. The molecular formula is C16H18BrClN2. The molecule has 2 aromatic carbocycles. The average Bonchev–Trinajstić information content (AvgIpc) is 2.42. The summed E-state index contributed by atoms with van der Waals surface area (Å²) in [6.45, 7) is 4.22. The lowest BCUT2D eigenvalue weighted by Crippen LogP contribution is -2.30. The molecular weight excluding hydrogens is 336 g/mol. The molecule has 106 valence electrons. The van der Waals surface area contributed by atoms with E-state index >= 15 is 0 Å². The standard InChI is InChI=1S/C16H18BrClN2/c1-10-3-4-11(2)12(7-10)8-16(20-19)14-9-13(18)5-6-15(14)17/h3-7,9,16,20H,8,19H2,1-2H3. The lowest BCUT2D eigenvalue weighted by molar-refractivity contribution is 0.549. The summed E-state index contributed by atoms with van der Waals surface area (Å²) in [6.07, 6.45) is 0.822. The third-order valence-electron chi connectivity index (χ3n) is 3.46. The number of aryl methyl sites for hydroxylation is 2. The van der Waals surface area contributed by atoms with E-state index in [0.29, 0.717) is 5.02 Å². The molecule has 0 aliphatic heterocycles. The van der Waals surface area contributed by atoms with Crippen LogP contribution in [0.25, 0.3) is 0 Å². The van der Waals surface area contributed by atoms with Crippen molar-refractivity contribution in [2.75, 3.05) is 0 Å². The molecule has 0 bridgehead atoms. The van der Waals surface area contributed by atoms with Crippen LogP contribution >= 0.6 is 27.5 Å². The first-order valence-corrected chi connectivity index (χ1v) is 7.65. The molecule has 0 amide bonds. The molecule has 0 aliphatic rings. The smallest absolute Gasteiger partial charge is 0.0512 e. The molecule has 0 aromatic heterocycles. The largest absolute Gasteiger partial charge is 0.271 e. The summed E-state index contributed by atoms with van der Waals surface area (Å²) in [5, 5.41) is 0.712. The van der Waals surface area contributed by atoms with Gasteiger partial charge in [-0.25, -0.2) is 0 Å². The molecule has 2 rings (SSSR count). The third-order valence-corrected chi connectivity index (χ3v) is 4.42. The zero-order valence-corrected chi connectivity index (χ0v) is 13.9. The molecule has 4 heteroatoms. The van der Waals surface area contributed by atoms with E-state index in [1.165, 1.54) is 16.7 Å². The van der Waals surface area contributed by atoms with Gasteiger partial charge in [0.05, 0.1) is 6.04 Å². The van der Waals surface area contributed by atoms with Crippen LogP contribution in [0.1, 0.15) is 28.3 Å². The van der Waals surface area contributed by atoms with E-state index in [0.717, 1.165) is 16.5 Å². The second-order valence-corrected chi connectivity index (χ2v) is 6.31. The first-order valence-electron chi connectivity index (χ1n) is 6.48. The van der Waals surface area contributed by atoms with Crippen LogP contribution < -0.4 is 11.3 Å². The Morgan fingerprint density at radius 2 is 1.95 bits per heavy atom. The first-order chi connectivity index (χ1) is 9.51. The minimum atomic E-state index is 0.0172. The van der Waals surface area contributed by atoms with Gasteiger partial charge in [0.15, 0.2) is 0 Å². The Morgan fingerprint density at radius 1 is 1.20 bits per heavy atom. The van der Waals surface area contributed by atoms with Crippen molar-refractivity contribution in [3.63, 3.8) is 0 Å². The summed E-state index contributed by atoms with van der Waals surface area (Å²) in [6, 6.07) is 12.2. The number of hydrogen-bond donors (Lipinski definition) is 2. The van der Waals surface area contributed by atoms with Gasteiger partial charge in [0.25, 0.3) is 0 Å². The quantitative estimate of drug-likeness (QED) is 0.629. The maximum absolute atomic E-state index is 6.09. The van der Waals surface area contributed by atoms with Gasteiger partial charge in [0, 0.05) is 9.50 Å². The number of nitrogens with one attached hydrogen (secondary N) is 1. The van der Waals surface area contributed by atoms with E-state index in [-0.39, 0.29) is 6.04 Å². The molecule has 3 N–H and O–H groups in total. The molecule has 0 fully saturated rings. The number of halogens is 2. The van der Waals surface area contributed by atoms with Gasteiger partial charge in [-0.15, -0.1) is 0 Å². The van der Waals surface area contributed by atoms with Gasteiger partial charge < -0.3 is 0 Å². The topological polar surface area (TPSA) is 38.0 Å². The van der Waals surface area contributed by atoms with Crippen LogP contribution in [-0.4, -0.2) is 0 Å². The van der Waals surface area contributed by atoms with E-state index < -0.39 is 0 Å². The Bertz CT molecular complexity index is 613. The monoisotopic (exact) mass is 352 g/mol. The number of rotatable bonds is 4. The summed E-state index contributed by atoms with van der Waals surface area (Å²) >= 11 is 9.65. The van der Waals surface area contributed by atoms with Crippen molar-refractivity contribution in [3.8, 4) is 0 Å². The Balaban J connectivity index is 2.33. The van der Waals surface area contributed by atoms with E-state index in [2.05, 4.69) is 53.4 Å². The van der Waals surface area contributed by atoms with E-state index in [9.17, 15) is 0 Å². The van der Waals surface area contributed by atoms with E-state index in [1.54, 1.807) is 0 Å². The fourth-order valence-electron chi connectivity index (χ4n) is 2.28. The summed E-state index contributed by atoms with van der Waals surface area (Å²) < 4.78 is 1.01. The van der Waals surface area contributed by atoms with Crippen LogP contribution in [0.2, 0.25) is 5.02 Å². The van der Waals surface area contributed by atoms with Crippen LogP contribution in [0.3, 0.4) is 0 Å². The minimum Gasteiger partial charge on any atom is -0.271 e. The maximum Gasteiger partial charge on any atom is 0.0512 e. The fraction of sp³-hybridized carbons (Fsp3) is 0.250. The van der Waals surface area contributed by atoms with Crippen LogP contribution in [-0.2, 0) is 6.42 Å². The molecule has 0 saturated carbocycles. The highest BCUT2D eigenvalue weighted by molar-refractivity contribution is 9.10. The fourth-order valence-corrected chi connectivity index (χ4v) is 2.98. The van der Waals surface area contributed by atoms with Gasteiger partial charge in [0.2, 0.25) is 0 Å². The number of nitrogens with two attached hydrogens (primary N) is 1. The SMILES string of the molecule is Cc1ccc(C)c(CC(NN)c2cc(Cl)ccc2Br)c1. The van der Waals surface area contributed by atoms with Crippen molar-refractivity contribution < 1.29 is 0 Å². The molecule has 0 spiro atoms. The Labute approximate surface area is 133 Å². The third kappa shape index (κ3) is 3.61. The molecule has 0 heterocycles. The molecule has 2 nitrogen and oxygen atoms in total. The van der Waals surface area contributed by atoms with Gasteiger partial charge in [-0.05, 0) is 55.2 Å². The van der Waals surface area contributed by atoms with E-state index in [1.807, 2.05) is 18.2 Å². The lowest BCUT2D eigenvalue weighted by atomic mass is 9.95. The highest BCUT2D eigenvalue weighted by atomic mass is 79.9. The Hall–Kier alpha value is -0.870. The van der Waals surface area contributed by atoms with Gasteiger partial charge in [-0.2, -0.15) is 0 Å². The molecule has 1 unspecified atom stereocenters. The van der Waals surface area contributed by atoms with Gasteiger partial charge in [0.1, 0.15) is 0 Å². The predicted octanol–water partition coefficient (Wildman–Crippen LogP) is 4.47. The molecule has 0 radical (unpaired) electrons. The number of hydrogen-bond acceptors (Lipinski definition) is 2. The molecule has 1 atom stereocenters. The van der Waals surface area contributed by atoms with Crippen molar-refractivity contribution in [2.45, 2.75) is 26.3 Å². The number of benzene rings is 2. The van der Waals surface area contributed by atoms with Crippen LogP contribution in [0, 0.1) is 13.8 Å². The lowest BCUT2D eigenvalue weighted by Gasteiger charge is -2.19. The van der Waals surface area contributed by atoms with Crippen molar-refractivity contribution in [1.29, 1.82) is 0 Å². The van der Waals surface area contributed by atoms with Gasteiger partial charge in [-0.3, -0.25) is 11.3 Å². The Morgan fingerprint density at radius 3 is 2.65 bits per heavy atom. The predicted molar refractivity (Wildman–Crippen MR) is 88.8 cm³/mol. The number of hydrazine groups is 1. The van der Waals surface area contributed by atoms with Crippen LogP contribution in [0.15, 0.2) is 40.9 Å². The molecule has 2 aromatic rings. The van der Waals surface area contributed by atoms with Crippen LogP contribution in [0.5, 0.6) is 0 Å². The summed E-state index contributed by atoms with van der Waals surface area (Å²) in [5.74, 6) is 5.75. The second kappa shape index (κ2) is 6.72. The van der Waals surface area contributed by atoms with E-state index in [4.69, 9.17) is 17.4 Å². The van der Waals surface area contributed by atoms with Crippen LogP contribution in [0.4, 0.5) is 0 Å². The molecule has 0 saturated heterocycles. The second-order valence-electron chi connectivity index (χ2n) is 5.02. The van der Waals surface area contributed by atoms with Crippen molar-refractivity contribution in [2.24, 2.45) is 5.84 Å². The maximum atomic E-state index is 6.09. The molecule has 0 aliphatic carbocycles. The zero-order chi connectivity index (χ0) is 14.7. The van der Waals surface area contributed by atoms with Crippen molar-refractivity contribution in [1.82, 2.24) is 5.43 Å². The minimum absolute atomic E-state index is 0.0172. The summed E-state index contributed by atoms with van der Waals surface area (Å²) in [7, 11) is 0. The van der Waals surface area contributed by atoms with Crippen molar-refractivity contribution in [3.05, 3.63) is 68.1 Å². The normalized spacial score (nSPS) is 12.4. The summed E-state index contributed by atoms with van der Waals surface area (Å²) in [4.78, 5) is 0. The highest BCUT2D eigenvalue weighted by Gasteiger charge is 2.15. The summed E-state index contributed by atoms with van der Waals surface area (Å²) in [5.41, 5.74) is 7.78. The molecule has 20 heavy (non-hydrogen) atoms. The zero-order valence-electron chi connectivity index (χ0n) is 11.6. The highest BCUT2D eigenvalue weighted by Crippen LogP contribution is 2.29. The average molecular weight is 354 g/mol. The Kier molecular flexibility index (Phi) is 5.22.